The Labute approximate surface area is 114 Å². The van der Waals surface area contributed by atoms with Crippen molar-refractivity contribution < 1.29 is 0 Å². The van der Waals surface area contributed by atoms with E-state index in [0.717, 1.165) is 16.3 Å². The standard InChI is InChI=1S/C12H12Cl2N2S/c1-12(2,15)11-16-10(6-17-11)7-3-4-8(13)9(14)5-7/h3-6H,15H2,1-2H3. The molecule has 90 valence electrons. The fourth-order valence-electron chi connectivity index (χ4n) is 1.36. The maximum atomic E-state index is 6.00. The second-order valence-corrected chi connectivity index (χ2v) is 6.06. The summed E-state index contributed by atoms with van der Waals surface area (Å²) in [6.45, 7) is 3.87. The van der Waals surface area contributed by atoms with Crippen LogP contribution in [0.5, 0.6) is 0 Å². The van der Waals surface area contributed by atoms with Gasteiger partial charge in [-0.15, -0.1) is 11.3 Å². The van der Waals surface area contributed by atoms with Crippen molar-refractivity contribution >= 4 is 34.5 Å². The Kier molecular flexibility index (Phi) is 3.46. The molecule has 0 aliphatic carbocycles. The first kappa shape index (κ1) is 12.8. The summed E-state index contributed by atoms with van der Waals surface area (Å²) in [7, 11) is 0. The molecular weight excluding hydrogens is 275 g/mol. The van der Waals surface area contributed by atoms with Crippen LogP contribution in [0.4, 0.5) is 0 Å². The van der Waals surface area contributed by atoms with Crippen LogP contribution in [-0.2, 0) is 5.54 Å². The van der Waals surface area contributed by atoms with E-state index in [1.54, 1.807) is 17.4 Å². The highest BCUT2D eigenvalue weighted by Crippen LogP contribution is 2.31. The fraction of sp³-hybridized carbons (Fsp3) is 0.250. The van der Waals surface area contributed by atoms with Crippen LogP contribution < -0.4 is 5.73 Å². The largest absolute Gasteiger partial charge is 0.320 e. The van der Waals surface area contributed by atoms with Crippen molar-refractivity contribution in [3.8, 4) is 11.3 Å². The van der Waals surface area contributed by atoms with E-state index in [1.165, 1.54) is 0 Å². The highest BCUT2D eigenvalue weighted by Gasteiger charge is 2.19. The molecule has 1 aromatic carbocycles. The van der Waals surface area contributed by atoms with Gasteiger partial charge in [0.05, 0.1) is 21.3 Å². The van der Waals surface area contributed by atoms with Gasteiger partial charge in [0.2, 0.25) is 0 Å². The van der Waals surface area contributed by atoms with Crippen molar-refractivity contribution in [2.24, 2.45) is 5.73 Å². The highest BCUT2D eigenvalue weighted by molar-refractivity contribution is 7.10. The summed E-state index contributed by atoms with van der Waals surface area (Å²) >= 11 is 13.4. The van der Waals surface area contributed by atoms with Crippen molar-refractivity contribution in [3.05, 3.63) is 38.6 Å². The van der Waals surface area contributed by atoms with Gasteiger partial charge in [-0.05, 0) is 26.0 Å². The summed E-state index contributed by atoms with van der Waals surface area (Å²) in [6.07, 6.45) is 0. The van der Waals surface area contributed by atoms with E-state index in [0.29, 0.717) is 10.0 Å². The maximum absolute atomic E-state index is 6.00. The van der Waals surface area contributed by atoms with E-state index >= 15 is 0 Å². The molecule has 0 atom stereocenters. The van der Waals surface area contributed by atoms with Gasteiger partial charge in [0.25, 0.3) is 0 Å². The molecule has 2 rings (SSSR count). The van der Waals surface area contributed by atoms with Crippen LogP contribution in [0.1, 0.15) is 18.9 Å². The molecular formula is C12H12Cl2N2S. The van der Waals surface area contributed by atoms with E-state index < -0.39 is 5.54 Å². The van der Waals surface area contributed by atoms with Crippen LogP contribution in [0.2, 0.25) is 10.0 Å². The topological polar surface area (TPSA) is 38.9 Å². The number of hydrogen-bond acceptors (Lipinski definition) is 3. The molecule has 0 unspecified atom stereocenters. The Balaban J connectivity index is 2.40. The number of nitrogens with two attached hydrogens (primary N) is 1. The molecule has 17 heavy (non-hydrogen) atoms. The minimum absolute atomic E-state index is 0.418. The predicted octanol–water partition coefficient (Wildman–Crippen LogP) is 4.31. The smallest absolute Gasteiger partial charge is 0.113 e. The van der Waals surface area contributed by atoms with Gasteiger partial charge in [0.1, 0.15) is 5.01 Å². The third-order valence-corrected chi connectivity index (χ3v) is 4.19. The Morgan fingerprint density at radius 3 is 2.47 bits per heavy atom. The average molecular weight is 287 g/mol. The van der Waals surface area contributed by atoms with Crippen LogP contribution in [0.3, 0.4) is 0 Å². The number of thiazole rings is 1. The van der Waals surface area contributed by atoms with Crippen molar-refractivity contribution in [3.63, 3.8) is 0 Å². The molecule has 0 aliphatic heterocycles. The molecule has 0 bridgehead atoms. The Bertz CT molecular complexity index is 544. The van der Waals surface area contributed by atoms with Gasteiger partial charge in [-0.25, -0.2) is 4.98 Å². The number of hydrogen-bond donors (Lipinski definition) is 1. The van der Waals surface area contributed by atoms with Gasteiger partial charge < -0.3 is 5.73 Å². The van der Waals surface area contributed by atoms with Crippen LogP contribution in [0.15, 0.2) is 23.6 Å². The minimum atomic E-state index is -0.418. The van der Waals surface area contributed by atoms with Gasteiger partial charge in [0, 0.05) is 10.9 Å². The first-order valence-electron chi connectivity index (χ1n) is 5.08. The first-order chi connectivity index (χ1) is 7.88. The molecule has 5 heteroatoms. The van der Waals surface area contributed by atoms with Crippen LogP contribution in [0, 0.1) is 0 Å². The lowest BCUT2D eigenvalue weighted by atomic mass is 10.1. The zero-order valence-corrected chi connectivity index (χ0v) is 11.8. The highest BCUT2D eigenvalue weighted by atomic mass is 35.5. The number of rotatable bonds is 2. The quantitative estimate of drug-likeness (QED) is 0.893. The van der Waals surface area contributed by atoms with Gasteiger partial charge in [0.15, 0.2) is 0 Å². The lowest BCUT2D eigenvalue weighted by Crippen LogP contribution is -2.28. The van der Waals surface area contributed by atoms with Gasteiger partial charge in [-0.2, -0.15) is 0 Å². The number of halogens is 2. The molecule has 0 spiro atoms. The molecule has 0 fully saturated rings. The summed E-state index contributed by atoms with van der Waals surface area (Å²) in [5.41, 5.74) is 7.41. The lowest BCUT2D eigenvalue weighted by molar-refractivity contribution is 0.551. The molecule has 0 aliphatic rings. The number of benzene rings is 1. The van der Waals surface area contributed by atoms with Crippen molar-refractivity contribution in [1.82, 2.24) is 4.98 Å². The molecule has 1 aromatic heterocycles. The van der Waals surface area contributed by atoms with Gasteiger partial charge in [-0.3, -0.25) is 0 Å². The molecule has 0 saturated heterocycles. The molecule has 0 radical (unpaired) electrons. The van der Waals surface area contributed by atoms with Gasteiger partial charge in [-0.1, -0.05) is 29.3 Å². The van der Waals surface area contributed by atoms with E-state index in [9.17, 15) is 0 Å². The summed E-state index contributed by atoms with van der Waals surface area (Å²) < 4.78 is 0. The Morgan fingerprint density at radius 2 is 1.94 bits per heavy atom. The number of aromatic nitrogens is 1. The van der Waals surface area contributed by atoms with Gasteiger partial charge >= 0.3 is 0 Å². The fourth-order valence-corrected chi connectivity index (χ4v) is 2.52. The third kappa shape index (κ3) is 2.80. The lowest BCUT2D eigenvalue weighted by Gasteiger charge is -2.13. The number of nitrogens with zero attached hydrogens (tertiary/aromatic N) is 1. The minimum Gasteiger partial charge on any atom is -0.320 e. The van der Waals surface area contributed by atoms with E-state index in [-0.39, 0.29) is 0 Å². The molecule has 2 aromatic rings. The van der Waals surface area contributed by atoms with E-state index in [2.05, 4.69) is 4.98 Å². The van der Waals surface area contributed by atoms with Crippen molar-refractivity contribution in [2.45, 2.75) is 19.4 Å². The maximum Gasteiger partial charge on any atom is 0.113 e. The normalized spacial score (nSPS) is 11.8. The van der Waals surface area contributed by atoms with Crippen LogP contribution in [0.25, 0.3) is 11.3 Å². The second-order valence-electron chi connectivity index (χ2n) is 4.39. The van der Waals surface area contributed by atoms with Crippen molar-refractivity contribution in [1.29, 1.82) is 0 Å². The monoisotopic (exact) mass is 286 g/mol. The average Bonchev–Trinajstić information content (AvgIpc) is 2.70. The van der Waals surface area contributed by atoms with Crippen LogP contribution in [-0.4, -0.2) is 4.98 Å². The predicted molar refractivity (Wildman–Crippen MR) is 74.8 cm³/mol. The SMILES string of the molecule is CC(C)(N)c1nc(-c2ccc(Cl)c(Cl)c2)cs1. The Hall–Kier alpha value is -0.610. The summed E-state index contributed by atoms with van der Waals surface area (Å²) in [5, 5.41) is 3.96. The van der Waals surface area contributed by atoms with Crippen molar-refractivity contribution in [2.75, 3.05) is 0 Å². The zero-order valence-electron chi connectivity index (χ0n) is 9.50. The van der Waals surface area contributed by atoms with Crippen LogP contribution >= 0.6 is 34.5 Å². The van der Waals surface area contributed by atoms with E-state index in [1.807, 2.05) is 31.4 Å². The summed E-state index contributed by atoms with van der Waals surface area (Å²) in [4.78, 5) is 4.51. The zero-order chi connectivity index (χ0) is 12.6. The molecule has 2 N–H and O–H groups in total. The molecule has 2 nitrogen and oxygen atoms in total. The molecule has 0 saturated carbocycles. The third-order valence-electron chi connectivity index (χ3n) is 2.27. The first-order valence-corrected chi connectivity index (χ1v) is 6.72. The van der Waals surface area contributed by atoms with E-state index in [4.69, 9.17) is 28.9 Å². The molecule has 0 amide bonds. The Morgan fingerprint density at radius 1 is 1.24 bits per heavy atom. The summed E-state index contributed by atoms with van der Waals surface area (Å²) in [6, 6.07) is 5.48. The summed E-state index contributed by atoms with van der Waals surface area (Å²) in [5.74, 6) is 0. The second kappa shape index (κ2) is 4.58. The molecule has 1 heterocycles.